The van der Waals surface area contributed by atoms with Gasteiger partial charge in [-0.15, -0.1) is 0 Å². The number of carboxylic acid groups (broad SMARTS) is 1. The molecule has 1 atom stereocenters. The van der Waals surface area contributed by atoms with Crippen LogP contribution in [0.4, 0.5) is 4.39 Å². The number of hydrogen-bond donors (Lipinski definition) is 1. The van der Waals surface area contributed by atoms with Crippen LogP contribution >= 0.6 is 11.6 Å². The van der Waals surface area contributed by atoms with Gasteiger partial charge in [0.05, 0.1) is 0 Å². The monoisotopic (exact) mass is 230 g/mol. The minimum atomic E-state index is -2.36. The van der Waals surface area contributed by atoms with E-state index in [0.717, 1.165) is 0 Å². The number of halogens is 2. The van der Waals surface area contributed by atoms with E-state index in [1.165, 1.54) is 38.1 Å². The molecule has 0 radical (unpaired) electrons. The predicted molar refractivity (Wildman–Crippen MR) is 56.7 cm³/mol. The number of carbonyl (C=O) groups is 1. The summed E-state index contributed by atoms with van der Waals surface area (Å²) in [5, 5.41) is 9.37. The minimum absolute atomic E-state index is 0.120. The van der Waals surface area contributed by atoms with E-state index in [2.05, 4.69) is 0 Å². The van der Waals surface area contributed by atoms with Gasteiger partial charge < -0.3 is 5.11 Å². The summed E-state index contributed by atoms with van der Waals surface area (Å²) < 4.78 is 14.3. The van der Waals surface area contributed by atoms with Crippen LogP contribution in [0.25, 0.3) is 0 Å². The fourth-order valence-corrected chi connectivity index (χ4v) is 1.52. The van der Waals surface area contributed by atoms with Crippen molar-refractivity contribution >= 4 is 17.6 Å². The van der Waals surface area contributed by atoms with Crippen molar-refractivity contribution in [2.24, 2.45) is 5.92 Å². The second-order valence-electron chi connectivity index (χ2n) is 3.68. The first-order valence-corrected chi connectivity index (χ1v) is 4.95. The number of hydrogen-bond acceptors (Lipinski definition) is 1. The summed E-state index contributed by atoms with van der Waals surface area (Å²) >= 11 is 5.65. The fourth-order valence-electron chi connectivity index (χ4n) is 1.40. The van der Waals surface area contributed by atoms with Crippen LogP contribution in [0, 0.1) is 5.92 Å². The Bertz CT molecular complexity index is 361. The summed E-state index contributed by atoms with van der Waals surface area (Å²) in [6.45, 7) is 3.06. The first kappa shape index (κ1) is 12.0. The highest BCUT2D eigenvalue weighted by Crippen LogP contribution is 2.34. The molecule has 1 unspecified atom stereocenters. The van der Waals surface area contributed by atoms with Gasteiger partial charge in [-0.05, 0) is 12.1 Å². The van der Waals surface area contributed by atoms with Gasteiger partial charge in [0.15, 0.2) is 0 Å². The van der Waals surface area contributed by atoms with Gasteiger partial charge in [0.1, 0.15) is 0 Å². The maximum Gasteiger partial charge on any atom is 0.346 e. The third-order valence-corrected chi connectivity index (χ3v) is 2.62. The van der Waals surface area contributed by atoms with Gasteiger partial charge in [0.2, 0.25) is 5.67 Å². The van der Waals surface area contributed by atoms with Crippen LogP contribution in [0.2, 0.25) is 5.02 Å². The normalized spacial score (nSPS) is 15.0. The van der Waals surface area contributed by atoms with E-state index in [1.807, 2.05) is 0 Å². The molecule has 1 rings (SSSR count). The molecule has 15 heavy (non-hydrogen) atoms. The van der Waals surface area contributed by atoms with Crippen LogP contribution in [0.15, 0.2) is 24.3 Å². The molecule has 82 valence electrons. The summed E-state index contributed by atoms with van der Waals surface area (Å²) in [7, 11) is 0. The molecule has 0 heterocycles. The molecule has 0 aliphatic carbocycles. The number of rotatable bonds is 3. The Balaban J connectivity index is 3.22. The topological polar surface area (TPSA) is 37.3 Å². The summed E-state index contributed by atoms with van der Waals surface area (Å²) in [5.74, 6) is -2.11. The molecule has 1 aromatic rings. The number of carboxylic acids is 1. The number of aliphatic carboxylic acids is 1. The highest BCUT2D eigenvalue weighted by atomic mass is 35.5. The van der Waals surface area contributed by atoms with Crippen molar-refractivity contribution in [3.8, 4) is 0 Å². The van der Waals surface area contributed by atoms with E-state index in [-0.39, 0.29) is 5.56 Å². The molecular formula is C11H12ClFO2. The average Bonchev–Trinajstić information content (AvgIpc) is 2.17. The predicted octanol–water partition coefficient (Wildman–Crippen LogP) is 3.25. The molecule has 0 saturated heterocycles. The van der Waals surface area contributed by atoms with Crippen molar-refractivity contribution in [2.45, 2.75) is 19.5 Å². The Kier molecular flexibility index (Phi) is 3.35. The van der Waals surface area contributed by atoms with Crippen molar-refractivity contribution < 1.29 is 14.3 Å². The molecule has 0 aromatic heterocycles. The van der Waals surface area contributed by atoms with Crippen LogP contribution in [0.5, 0.6) is 0 Å². The largest absolute Gasteiger partial charge is 0.479 e. The Morgan fingerprint density at radius 1 is 1.40 bits per heavy atom. The van der Waals surface area contributed by atoms with Crippen LogP contribution in [-0.4, -0.2) is 11.1 Å². The molecule has 1 N–H and O–H groups in total. The zero-order valence-corrected chi connectivity index (χ0v) is 9.25. The minimum Gasteiger partial charge on any atom is -0.479 e. The molecule has 0 aliphatic heterocycles. The van der Waals surface area contributed by atoms with E-state index in [1.54, 1.807) is 0 Å². The SMILES string of the molecule is CC(C)C(F)(C(=O)O)c1ccc(Cl)cc1. The summed E-state index contributed by atoms with van der Waals surface area (Å²) in [6.07, 6.45) is 0. The Hall–Kier alpha value is -1.09. The highest BCUT2D eigenvalue weighted by Gasteiger charge is 2.43. The second-order valence-corrected chi connectivity index (χ2v) is 4.11. The number of benzene rings is 1. The third kappa shape index (κ3) is 2.12. The quantitative estimate of drug-likeness (QED) is 0.866. The first-order chi connectivity index (χ1) is 6.89. The zero-order valence-electron chi connectivity index (χ0n) is 8.50. The lowest BCUT2D eigenvalue weighted by atomic mass is 9.85. The van der Waals surface area contributed by atoms with E-state index in [0.29, 0.717) is 5.02 Å². The van der Waals surface area contributed by atoms with Crippen molar-refractivity contribution in [1.29, 1.82) is 0 Å². The highest BCUT2D eigenvalue weighted by molar-refractivity contribution is 6.30. The Morgan fingerprint density at radius 2 is 1.87 bits per heavy atom. The number of alkyl halides is 1. The van der Waals surface area contributed by atoms with Crippen molar-refractivity contribution in [3.05, 3.63) is 34.9 Å². The molecular weight excluding hydrogens is 219 g/mol. The van der Waals surface area contributed by atoms with E-state index < -0.39 is 17.6 Å². The molecule has 0 spiro atoms. The Labute approximate surface area is 92.7 Å². The lowest BCUT2D eigenvalue weighted by Gasteiger charge is -2.25. The molecule has 0 aliphatic rings. The summed E-state index contributed by atoms with van der Waals surface area (Å²) in [4.78, 5) is 10.9. The third-order valence-electron chi connectivity index (χ3n) is 2.37. The van der Waals surface area contributed by atoms with Crippen LogP contribution in [0.3, 0.4) is 0 Å². The van der Waals surface area contributed by atoms with E-state index in [9.17, 15) is 9.18 Å². The van der Waals surface area contributed by atoms with Crippen LogP contribution < -0.4 is 0 Å². The van der Waals surface area contributed by atoms with Gasteiger partial charge in [0.25, 0.3) is 0 Å². The molecule has 0 bridgehead atoms. The second kappa shape index (κ2) is 4.19. The summed E-state index contributed by atoms with van der Waals surface area (Å²) in [6, 6.07) is 5.76. The van der Waals surface area contributed by atoms with Crippen LogP contribution in [-0.2, 0) is 10.5 Å². The van der Waals surface area contributed by atoms with E-state index >= 15 is 0 Å². The molecule has 4 heteroatoms. The van der Waals surface area contributed by atoms with Gasteiger partial charge in [-0.2, -0.15) is 0 Å². The van der Waals surface area contributed by atoms with Gasteiger partial charge in [0, 0.05) is 16.5 Å². The average molecular weight is 231 g/mol. The van der Waals surface area contributed by atoms with Crippen LogP contribution in [0.1, 0.15) is 19.4 Å². The molecule has 1 aromatic carbocycles. The summed E-state index contributed by atoms with van der Waals surface area (Å²) in [5.41, 5.74) is -2.24. The van der Waals surface area contributed by atoms with Gasteiger partial charge in [-0.25, -0.2) is 9.18 Å². The van der Waals surface area contributed by atoms with Crippen molar-refractivity contribution in [2.75, 3.05) is 0 Å². The van der Waals surface area contributed by atoms with Crippen molar-refractivity contribution in [1.82, 2.24) is 0 Å². The molecule has 0 amide bonds. The molecule has 2 nitrogen and oxygen atoms in total. The first-order valence-electron chi connectivity index (χ1n) is 4.57. The van der Waals surface area contributed by atoms with Gasteiger partial charge in [-0.1, -0.05) is 37.6 Å². The maximum absolute atomic E-state index is 14.3. The molecule has 0 fully saturated rings. The molecule has 0 saturated carbocycles. The van der Waals surface area contributed by atoms with E-state index in [4.69, 9.17) is 16.7 Å². The smallest absolute Gasteiger partial charge is 0.346 e. The van der Waals surface area contributed by atoms with Gasteiger partial charge >= 0.3 is 5.97 Å². The van der Waals surface area contributed by atoms with Crippen molar-refractivity contribution in [3.63, 3.8) is 0 Å². The maximum atomic E-state index is 14.3. The lowest BCUT2D eigenvalue weighted by molar-refractivity contribution is -0.155. The fraction of sp³-hybridized carbons (Fsp3) is 0.364. The van der Waals surface area contributed by atoms with Gasteiger partial charge in [-0.3, -0.25) is 0 Å². The Morgan fingerprint density at radius 3 is 2.20 bits per heavy atom. The lowest BCUT2D eigenvalue weighted by Crippen LogP contribution is -2.36. The zero-order chi connectivity index (χ0) is 11.6. The standard InChI is InChI=1S/C11H12ClFO2/c1-7(2)11(13,10(14)15)8-3-5-9(12)6-4-8/h3-7H,1-2H3,(H,14,15).